The van der Waals surface area contributed by atoms with E-state index in [0.29, 0.717) is 53.1 Å². The normalized spacial score (nSPS) is 11.3. The third-order valence-electron chi connectivity index (χ3n) is 5.14. The second kappa shape index (κ2) is 10.1. The maximum absolute atomic E-state index is 14.1. The zero-order chi connectivity index (χ0) is 25.9. The number of hydrogen-bond acceptors (Lipinski definition) is 6. The molecule has 0 aliphatic rings. The molecule has 0 radical (unpaired) electrons. The quantitative estimate of drug-likeness (QED) is 0.328. The third-order valence-corrected chi connectivity index (χ3v) is 5.14. The molecular weight excluding hydrogens is 478 g/mol. The summed E-state index contributed by atoms with van der Waals surface area (Å²) in [5.74, 6) is -0.650. The molecule has 0 saturated heterocycles. The number of benzene rings is 2. The molecule has 0 aliphatic heterocycles. The number of rotatable bonds is 6. The summed E-state index contributed by atoms with van der Waals surface area (Å²) in [5.41, 5.74) is -0.492. The maximum atomic E-state index is 14.1. The van der Waals surface area contributed by atoms with Crippen LogP contribution in [0, 0.1) is 12.7 Å². The maximum Gasteiger partial charge on any atom is 0.416 e. The molecule has 2 aromatic heterocycles. The molecule has 0 fully saturated rings. The molecule has 0 unspecified atom stereocenters. The van der Waals surface area contributed by atoms with E-state index >= 15 is 0 Å². The molecule has 2 aromatic carbocycles. The largest absolute Gasteiger partial charge is 0.438 e. The van der Waals surface area contributed by atoms with Gasteiger partial charge in [0, 0.05) is 24.4 Å². The third kappa shape index (κ3) is 5.45. The van der Waals surface area contributed by atoms with Crippen LogP contribution in [-0.4, -0.2) is 25.8 Å². The molecule has 11 heteroatoms. The van der Waals surface area contributed by atoms with Gasteiger partial charge in [-0.15, -0.1) is 0 Å². The Morgan fingerprint density at radius 2 is 1.86 bits per heavy atom. The zero-order valence-corrected chi connectivity index (χ0v) is 19.1. The number of ether oxygens (including phenoxy) is 1. The summed E-state index contributed by atoms with van der Waals surface area (Å²) in [6.45, 7) is 3.67. The van der Waals surface area contributed by atoms with Crippen molar-refractivity contribution < 1.29 is 27.1 Å². The highest BCUT2D eigenvalue weighted by molar-refractivity contribution is 6.04. The number of nitrogens with zero attached hydrogens (tertiary/aromatic N) is 4. The lowest BCUT2D eigenvalue weighted by Crippen LogP contribution is -2.16. The van der Waals surface area contributed by atoms with Crippen molar-refractivity contribution in [2.45, 2.75) is 26.4 Å². The van der Waals surface area contributed by atoms with Gasteiger partial charge in [0.2, 0.25) is 5.88 Å². The van der Waals surface area contributed by atoms with E-state index in [1.165, 1.54) is 24.7 Å². The lowest BCUT2D eigenvalue weighted by molar-refractivity contribution is -0.137. The summed E-state index contributed by atoms with van der Waals surface area (Å²) in [7, 11) is 0. The van der Waals surface area contributed by atoms with Crippen molar-refractivity contribution in [1.29, 1.82) is 0 Å². The van der Waals surface area contributed by atoms with Crippen LogP contribution in [0.1, 0.15) is 34.2 Å². The van der Waals surface area contributed by atoms with Crippen LogP contribution >= 0.6 is 0 Å². The van der Waals surface area contributed by atoms with Crippen LogP contribution in [-0.2, 0) is 12.6 Å². The van der Waals surface area contributed by atoms with Crippen LogP contribution in [0.3, 0.4) is 0 Å². The minimum absolute atomic E-state index is 0.184. The molecule has 1 amide bonds. The van der Waals surface area contributed by atoms with Gasteiger partial charge in [-0.05, 0) is 48.9 Å². The molecule has 2 heterocycles. The molecule has 4 rings (SSSR count). The van der Waals surface area contributed by atoms with E-state index < -0.39 is 29.0 Å². The number of carbonyl (C=O) groups excluding carboxylic acids is 1. The van der Waals surface area contributed by atoms with Gasteiger partial charge in [-0.3, -0.25) is 4.79 Å². The van der Waals surface area contributed by atoms with Crippen molar-refractivity contribution in [2.24, 2.45) is 0 Å². The second-order valence-corrected chi connectivity index (χ2v) is 7.66. The van der Waals surface area contributed by atoms with Crippen LogP contribution in [0.2, 0.25) is 0 Å². The van der Waals surface area contributed by atoms with Crippen LogP contribution in [0.25, 0.3) is 11.4 Å². The lowest BCUT2D eigenvalue weighted by Gasteiger charge is -2.14. The molecular formula is C25H19F4N5O2. The van der Waals surface area contributed by atoms with E-state index in [-0.39, 0.29) is 11.6 Å². The van der Waals surface area contributed by atoms with Crippen molar-refractivity contribution in [2.75, 3.05) is 5.32 Å². The van der Waals surface area contributed by atoms with Gasteiger partial charge in [0.1, 0.15) is 23.7 Å². The van der Waals surface area contributed by atoms with Gasteiger partial charge in [0.25, 0.3) is 5.91 Å². The smallest absolute Gasteiger partial charge is 0.416 e. The first kappa shape index (κ1) is 24.7. The summed E-state index contributed by atoms with van der Waals surface area (Å²) >= 11 is 0. The SMILES string of the molecule is CCc1ncnc(-c2cccnc2Oc2cc(NC(=O)c3cc(C(F)(F)F)ccc3F)ccc2C)n1. The van der Waals surface area contributed by atoms with Gasteiger partial charge < -0.3 is 10.1 Å². The van der Waals surface area contributed by atoms with Crippen LogP contribution < -0.4 is 10.1 Å². The molecule has 36 heavy (non-hydrogen) atoms. The monoisotopic (exact) mass is 497 g/mol. The Labute approximate surface area is 203 Å². The Morgan fingerprint density at radius 1 is 1.06 bits per heavy atom. The van der Waals surface area contributed by atoms with Crippen LogP contribution in [0.15, 0.2) is 61.1 Å². The molecule has 0 aliphatic carbocycles. The first-order valence-electron chi connectivity index (χ1n) is 10.8. The molecule has 0 atom stereocenters. The lowest BCUT2D eigenvalue weighted by atomic mass is 10.1. The van der Waals surface area contributed by atoms with Crippen LogP contribution in [0.4, 0.5) is 23.2 Å². The second-order valence-electron chi connectivity index (χ2n) is 7.66. The molecule has 0 spiro atoms. The Bertz CT molecular complexity index is 1430. The van der Waals surface area contributed by atoms with Crippen molar-refractivity contribution >= 4 is 11.6 Å². The number of nitrogens with one attached hydrogen (secondary N) is 1. The fraction of sp³-hybridized carbons (Fsp3) is 0.160. The molecule has 0 saturated carbocycles. The number of aryl methyl sites for hydroxylation is 2. The zero-order valence-electron chi connectivity index (χ0n) is 19.1. The number of carbonyl (C=O) groups is 1. The Balaban J connectivity index is 1.61. The minimum Gasteiger partial charge on any atom is -0.438 e. The summed E-state index contributed by atoms with van der Waals surface area (Å²) in [5, 5.41) is 2.41. The van der Waals surface area contributed by atoms with Gasteiger partial charge >= 0.3 is 6.18 Å². The van der Waals surface area contributed by atoms with Crippen molar-refractivity contribution in [1.82, 2.24) is 19.9 Å². The Morgan fingerprint density at radius 3 is 2.61 bits per heavy atom. The topological polar surface area (TPSA) is 89.9 Å². The van der Waals surface area contributed by atoms with E-state index in [4.69, 9.17) is 4.74 Å². The van der Waals surface area contributed by atoms with Gasteiger partial charge in [0.15, 0.2) is 5.82 Å². The highest BCUT2D eigenvalue weighted by Crippen LogP contribution is 2.33. The van der Waals surface area contributed by atoms with Crippen molar-refractivity contribution in [3.8, 4) is 23.0 Å². The number of pyridine rings is 1. The average molecular weight is 497 g/mol. The van der Waals surface area contributed by atoms with E-state index in [9.17, 15) is 22.4 Å². The van der Waals surface area contributed by atoms with E-state index in [2.05, 4.69) is 25.3 Å². The standard InChI is InChI=1S/C25H19F4N5O2/c1-3-21-31-13-32-22(34-21)17-5-4-10-30-24(17)36-20-12-16(8-6-14(20)2)33-23(35)18-11-15(25(27,28)29)7-9-19(18)26/h4-13H,3H2,1-2H3,(H,33,35). The summed E-state index contributed by atoms with van der Waals surface area (Å²) in [4.78, 5) is 29.5. The molecule has 184 valence electrons. The Kier molecular flexibility index (Phi) is 6.91. The molecule has 4 aromatic rings. The number of aromatic nitrogens is 4. The van der Waals surface area contributed by atoms with Gasteiger partial charge in [-0.1, -0.05) is 13.0 Å². The summed E-state index contributed by atoms with van der Waals surface area (Å²) in [6, 6.07) is 9.69. The van der Waals surface area contributed by atoms with E-state index in [1.54, 1.807) is 25.1 Å². The van der Waals surface area contributed by atoms with Gasteiger partial charge in [-0.2, -0.15) is 13.2 Å². The average Bonchev–Trinajstić information content (AvgIpc) is 2.86. The van der Waals surface area contributed by atoms with Crippen molar-refractivity contribution in [3.05, 3.63) is 89.4 Å². The van der Waals surface area contributed by atoms with Gasteiger partial charge in [0.05, 0.1) is 16.7 Å². The highest BCUT2D eigenvalue weighted by Gasteiger charge is 2.32. The number of alkyl halides is 3. The number of halogens is 4. The fourth-order valence-corrected chi connectivity index (χ4v) is 3.24. The molecule has 7 nitrogen and oxygen atoms in total. The Hall–Kier alpha value is -4.41. The van der Waals surface area contributed by atoms with Gasteiger partial charge in [-0.25, -0.2) is 24.3 Å². The fourth-order valence-electron chi connectivity index (χ4n) is 3.24. The van der Waals surface area contributed by atoms with Crippen molar-refractivity contribution in [3.63, 3.8) is 0 Å². The predicted octanol–water partition coefficient (Wildman–Crippen LogP) is 6.01. The summed E-state index contributed by atoms with van der Waals surface area (Å²) < 4.78 is 59.1. The molecule has 0 bridgehead atoms. The number of amides is 1. The highest BCUT2D eigenvalue weighted by atomic mass is 19.4. The van der Waals surface area contributed by atoms with E-state index in [0.717, 1.165) is 0 Å². The minimum atomic E-state index is -4.72. The number of anilines is 1. The first-order chi connectivity index (χ1) is 17.2. The predicted molar refractivity (Wildman–Crippen MR) is 123 cm³/mol. The summed E-state index contributed by atoms with van der Waals surface area (Å²) in [6.07, 6.45) is -1.19. The van der Waals surface area contributed by atoms with E-state index in [1.807, 2.05) is 6.92 Å². The molecule has 1 N–H and O–H groups in total. The number of hydrogen-bond donors (Lipinski definition) is 1. The first-order valence-corrected chi connectivity index (χ1v) is 10.8. The van der Waals surface area contributed by atoms with Crippen LogP contribution in [0.5, 0.6) is 11.6 Å².